The number of amides is 1. The standard InChI is InChI=1S/C7H9N3O/c1-5-3-9-4-6(10-5)2-7(8)11/h3-4H,2H2,1H3,(H2,8,11). The van der Waals surface area contributed by atoms with E-state index in [0.29, 0.717) is 5.69 Å². The highest BCUT2D eigenvalue weighted by Crippen LogP contribution is 1.94. The molecule has 0 unspecified atom stereocenters. The molecule has 1 heterocycles. The van der Waals surface area contributed by atoms with Gasteiger partial charge in [0.05, 0.1) is 17.8 Å². The summed E-state index contributed by atoms with van der Waals surface area (Å²) in [4.78, 5) is 18.4. The second-order valence-electron chi connectivity index (χ2n) is 2.29. The van der Waals surface area contributed by atoms with Crippen molar-refractivity contribution in [3.63, 3.8) is 0 Å². The molecule has 0 spiro atoms. The first-order valence-corrected chi connectivity index (χ1v) is 3.24. The number of nitrogens with two attached hydrogens (primary N) is 1. The van der Waals surface area contributed by atoms with Crippen LogP contribution in [0, 0.1) is 6.92 Å². The predicted octanol–water partition coefficient (Wildman–Crippen LogP) is -0.187. The summed E-state index contributed by atoms with van der Waals surface area (Å²) in [5.74, 6) is -0.384. The first-order chi connectivity index (χ1) is 5.18. The first-order valence-electron chi connectivity index (χ1n) is 3.24. The maximum Gasteiger partial charge on any atom is 0.223 e. The van der Waals surface area contributed by atoms with Crippen LogP contribution in [0.25, 0.3) is 0 Å². The lowest BCUT2D eigenvalue weighted by Crippen LogP contribution is -2.14. The first kappa shape index (κ1) is 7.65. The second-order valence-corrected chi connectivity index (χ2v) is 2.29. The number of rotatable bonds is 2. The van der Waals surface area contributed by atoms with Gasteiger partial charge >= 0.3 is 0 Å². The third kappa shape index (κ3) is 2.33. The molecular weight excluding hydrogens is 142 g/mol. The van der Waals surface area contributed by atoms with Crippen LogP contribution in [0.1, 0.15) is 11.4 Å². The Morgan fingerprint density at radius 2 is 2.36 bits per heavy atom. The summed E-state index contributed by atoms with van der Waals surface area (Å²) in [7, 11) is 0. The molecule has 1 aromatic heterocycles. The van der Waals surface area contributed by atoms with Crippen molar-refractivity contribution in [1.29, 1.82) is 0 Å². The van der Waals surface area contributed by atoms with Gasteiger partial charge in [0, 0.05) is 12.4 Å². The summed E-state index contributed by atoms with van der Waals surface area (Å²) in [6, 6.07) is 0. The summed E-state index contributed by atoms with van der Waals surface area (Å²) in [5.41, 5.74) is 6.39. The fourth-order valence-corrected chi connectivity index (χ4v) is 0.779. The van der Waals surface area contributed by atoms with Crippen LogP contribution in [0.5, 0.6) is 0 Å². The molecule has 2 N–H and O–H groups in total. The molecule has 0 radical (unpaired) electrons. The van der Waals surface area contributed by atoms with Crippen molar-refractivity contribution in [3.8, 4) is 0 Å². The monoisotopic (exact) mass is 151 g/mol. The average Bonchev–Trinajstić information content (AvgIpc) is 1.85. The van der Waals surface area contributed by atoms with Crippen LogP contribution in [-0.2, 0) is 11.2 Å². The van der Waals surface area contributed by atoms with E-state index in [-0.39, 0.29) is 12.3 Å². The molecule has 0 aliphatic rings. The second kappa shape index (κ2) is 3.09. The minimum atomic E-state index is -0.384. The Bertz CT molecular complexity index is 272. The topological polar surface area (TPSA) is 68.9 Å². The van der Waals surface area contributed by atoms with Gasteiger partial charge < -0.3 is 5.73 Å². The van der Waals surface area contributed by atoms with E-state index in [1.807, 2.05) is 6.92 Å². The molecule has 1 aromatic rings. The summed E-state index contributed by atoms with van der Waals surface area (Å²) in [5, 5.41) is 0. The van der Waals surface area contributed by atoms with Gasteiger partial charge in [-0.3, -0.25) is 14.8 Å². The van der Waals surface area contributed by atoms with Gasteiger partial charge in [0.15, 0.2) is 0 Å². The zero-order chi connectivity index (χ0) is 8.27. The largest absolute Gasteiger partial charge is 0.369 e. The normalized spacial score (nSPS) is 9.55. The number of primary amides is 1. The van der Waals surface area contributed by atoms with Gasteiger partial charge in [-0.2, -0.15) is 0 Å². The molecule has 0 bridgehead atoms. The smallest absolute Gasteiger partial charge is 0.223 e. The zero-order valence-electron chi connectivity index (χ0n) is 6.24. The highest BCUT2D eigenvalue weighted by atomic mass is 16.1. The van der Waals surface area contributed by atoms with Gasteiger partial charge in [-0.1, -0.05) is 0 Å². The number of hydrogen-bond acceptors (Lipinski definition) is 3. The van der Waals surface area contributed by atoms with E-state index in [1.165, 1.54) is 6.20 Å². The van der Waals surface area contributed by atoms with Gasteiger partial charge in [0.1, 0.15) is 0 Å². The summed E-state index contributed by atoms with van der Waals surface area (Å²) >= 11 is 0. The lowest BCUT2D eigenvalue weighted by atomic mass is 10.3. The molecular formula is C7H9N3O. The Hall–Kier alpha value is -1.45. The molecule has 58 valence electrons. The maximum atomic E-state index is 10.4. The highest BCUT2D eigenvalue weighted by molar-refractivity contribution is 5.75. The molecule has 0 aromatic carbocycles. The SMILES string of the molecule is Cc1cncc(CC(N)=O)n1. The van der Waals surface area contributed by atoms with Gasteiger partial charge in [0.25, 0.3) is 0 Å². The molecule has 1 rings (SSSR count). The predicted molar refractivity (Wildman–Crippen MR) is 39.7 cm³/mol. The molecule has 4 heteroatoms. The van der Waals surface area contributed by atoms with E-state index >= 15 is 0 Å². The van der Waals surface area contributed by atoms with Crippen molar-refractivity contribution in [2.45, 2.75) is 13.3 Å². The molecule has 4 nitrogen and oxygen atoms in total. The van der Waals surface area contributed by atoms with Crippen molar-refractivity contribution in [3.05, 3.63) is 23.8 Å². The Morgan fingerprint density at radius 1 is 1.64 bits per heavy atom. The highest BCUT2D eigenvalue weighted by Gasteiger charge is 1.99. The van der Waals surface area contributed by atoms with Crippen molar-refractivity contribution >= 4 is 5.91 Å². The van der Waals surface area contributed by atoms with E-state index in [4.69, 9.17) is 5.73 Å². The molecule has 11 heavy (non-hydrogen) atoms. The van der Waals surface area contributed by atoms with E-state index in [0.717, 1.165) is 5.69 Å². The van der Waals surface area contributed by atoms with Gasteiger partial charge in [0.2, 0.25) is 5.91 Å². The van der Waals surface area contributed by atoms with Crippen LogP contribution in [0.3, 0.4) is 0 Å². The minimum Gasteiger partial charge on any atom is -0.369 e. The van der Waals surface area contributed by atoms with Crippen molar-refractivity contribution in [1.82, 2.24) is 9.97 Å². The van der Waals surface area contributed by atoms with Crippen molar-refractivity contribution in [2.75, 3.05) is 0 Å². The fraction of sp³-hybridized carbons (Fsp3) is 0.286. The molecule has 1 amide bonds. The van der Waals surface area contributed by atoms with Crippen molar-refractivity contribution < 1.29 is 4.79 Å². The summed E-state index contributed by atoms with van der Waals surface area (Å²) in [6.45, 7) is 1.82. The van der Waals surface area contributed by atoms with Crippen LogP contribution >= 0.6 is 0 Å². The lowest BCUT2D eigenvalue weighted by Gasteiger charge is -1.95. The quantitative estimate of drug-likeness (QED) is 0.637. The van der Waals surface area contributed by atoms with Crippen molar-refractivity contribution in [2.24, 2.45) is 5.73 Å². The van der Waals surface area contributed by atoms with E-state index in [2.05, 4.69) is 9.97 Å². The Morgan fingerprint density at radius 3 is 2.91 bits per heavy atom. The van der Waals surface area contributed by atoms with E-state index in [9.17, 15) is 4.79 Å². The number of nitrogens with zero attached hydrogens (tertiary/aromatic N) is 2. The number of aromatic nitrogens is 2. The molecule has 0 saturated heterocycles. The Labute approximate surface area is 64.5 Å². The van der Waals surface area contributed by atoms with E-state index < -0.39 is 0 Å². The van der Waals surface area contributed by atoms with Gasteiger partial charge in [-0.15, -0.1) is 0 Å². The number of aryl methyl sites for hydroxylation is 1. The molecule has 0 aliphatic heterocycles. The van der Waals surface area contributed by atoms with Crippen LogP contribution in [0.2, 0.25) is 0 Å². The molecule has 0 saturated carbocycles. The lowest BCUT2D eigenvalue weighted by molar-refractivity contribution is -0.117. The van der Waals surface area contributed by atoms with Crippen LogP contribution in [0.15, 0.2) is 12.4 Å². The molecule has 0 aliphatic carbocycles. The molecule has 0 atom stereocenters. The maximum absolute atomic E-state index is 10.4. The zero-order valence-corrected chi connectivity index (χ0v) is 6.24. The Kier molecular flexibility index (Phi) is 2.15. The van der Waals surface area contributed by atoms with Crippen LogP contribution in [0.4, 0.5) is 0 Å². The average molecular weight is 151 g/mol. The summed E-state index contributed by atoms with van der Waals surface area (Å²) < 4.78 is 0. The fourth-order valence-electron chi connectivity index (χ4n) is 0.779. The number of hydrogen-bond donors (Lipinski definition) is 1. The Balaban J connectivity index is 2.79. The van der Waals surface area contributed by atoms with Crippen LogP contribution in [-0.4, -0.2) is 15.9 Å². The minimum absolute atomic E-state index is 0.161. The van der Waals surface area contributed by atoms with Gasteiger partial charge in [-0.05, 0) is 6.92 Å². The van der Waals surface area contributed by atoms with Gasteiger partial charge in [-0.25, -0.2) is 0 Å². The number of carbonyl (C=O) groups is 1. The summed E-state index contributed by atoms with van der Waals surface area (Å²) in [6.07, 6.45) is 3.33. The third-order valence-corrected chi connectivity index (χ3v) is 1.16. The number of carbonyl (C=O) groups excluding carboxylic acids is 1. The van der Waals surface area contributed by atoms with E-state index in [1.54, 1.807) is 6.20 Å². The third-order valence-electron chi connectivity index (χ3n) is 1.16. The molecule has 0 fully saturated rings. The van der Waals surface area contributed by atoms with Crippen LogP contribution < -0.4 is 5.73 Å².